The Morgan fingerprint density at radius 1 is 0.845 bits per heavy atom. The van der Waals surface area contributed by atoms with Crippen molar-refractivity contribution in [2.45, 2.75) is 57.5 Å². The van der Waals surface area contributed by atoms with Crippen molar-refractivity contribution >= 4 is 28.0 Å². The molecule has 2 aliphatic heterocycles. The van der Waals surface area contributed by atoms with E-state index < -0.39 is 6.29 Å². The van der Waals surface area contributed by atoms with E-state index in [1.807, 2.05) is 95.6 Å². The molecule has 58 heavy (non-hydrogen) atoms. The lowest BCUT2D eigenvalue weighted by Gasteiger charge is -2.44. The standard InChI is InChI=1S/C47H46N6O5/c1-30-43(28-52-24-22-36(23-25-52)53-42-13-7-6-12-40(42)51-47(53)56)57-46(58-44(30)33-16-14-31(29-54)15-17-33)34-20-18-32(19-21-34)37-9-3-2-8-35(37)26-49-45(55)41-27-48-38-10-4-5-11-39(38)50-41/h2-21,27,30,36,43-44,46,54H,22-26,28-29H2,1H3,(H,49,55)(H,51,56). The van der Waals surface area contributed by atoms with E-state index in [4.69, 9.17) is 9.47 Å². The second-order valence-electron chi connectivity index (χ2n) is 15.4. The number of carbonyl (C=O) groups is 1. The molecule has 0 bridgehead atoms. The molecule has 0 radical (unpaired) electrons. The van der Waals surface area contributed by atoms with Gasteiger partial charge in [0.15, 0.2) is 6.29 Å². The van der Waals surface area contributed by atoms with E-state index in [9.17, 15) is 14.7 Å². The van der Waals surface area contributed by atoms with Crippen molar-refractivity contribution in [2.75, 3.05) is 19.6 Å². The summed E-state index contributed by atoms with van der Waals surface area (Å²) in [6.07, 6.45) is 2.31. The highest BCUT2D eigenvalue weighted by Crippen LogP contribution is 2.42. The number of likely N-dealkylation sites (tertiary alicyclic amines) is 1. The lowest BCUT2D eigenvalue weighted by Crippen LogP contribution is -2.47. The molecule has 0 spiro atoms. The van der Waals surface area contributed by atoms with Crippen molar-refractivity contribution in [2.24, 2.45) is 5.92 Å². The Balaban J connectivity index is 0.909. The molecule has 11 heteroatoms. The molecule has 2 fully saturated rings. The smallest absolute Gasteiger partial charge is 0.326 e. The summed E-state index contributed by atoms with van der Waals surface area (Å²) >= 11 is 0. The number of hydrogen-bond donors (Lipinski definition) is 3. The maximum Gasteiger partial charge on any atom is 0.326 e. The number of aromatic nitrogens is 4. The van der Waals surface area contributed by atoms with Gasteiger partial charge in [0, 0.05) is 43.7 Å². The van der Waals surface area contributed by atoms with E-state index in [2.05, 4.69) is 62.4 Å². The minimum Gasteiger partial charge on any atom is -0.392 e. The SMILES string of the molecule is CC1C(CN2CCC(n3c(=O)[nH]c4ccccc43)CC2)OC(c2ccc(-c3ccccc3CNC(=O)c3cnc4ccccc4n3)cc2)OC1c1ccc(CO)cc1. The van der Waals surface area contributed by atoms with Crippen LogP contribution in [-0.4, -0.2) is 61.2 Å². The molecule has 3 N–H and O–H groups in total. The van der Waals surface area contributed by atoms with E-state index in [1.165, 1.54) is 6.20 Å². The molecule has 4 unspecified atom stereocenters. The number of aliphatic hydroxyl groups excluding tert-OH is 1. The van der Waals surface area contributed by atoms with Gasteiger partial charge in [-0.25, -0.2) is 9.78 Å². The van der Waals surface area contributed by atoms with Crippen molar-refractivity contribution in [3.8, 4) is 11.1 Å². The number of imidazole rings is 1. The number of amides is 1. The number of nitrogens with zero attached hydrogens (tertiary/aromatic N) is 4. The minimum absolute atomic E-state index is 0.0165. The van der Waals surface area contributed by atoms with Crippen molar-refractivity contribution in [1.29, 1.82) is 0 Å². The van der Waals surface area contributed by atoms with E-state index in [1.54, 1.807) is 0 Å². The van der Waals surface area contributed by atoms with Crippen LogP contribution in [0.25, 0.3) is 33.2 Å². The Labute approximate surface area is 336 Å². The molecule has 0 aliphatic carbocycles. The van der Waals surface area contributed by atoms with E-state index in [0.29, 0.717) is 12.1 Å². The average molecular weight is 775 g/mol. The number of aromatic amines is 1. The van der Waals surface area contributed by atoms with Crippen LogP contribution in [0.2, 0.25) is 0 Å². The number of nitrogens with one attached hydrogen (secondary N) is 2. The first-order valence-corrected chi connectivity index (χ1v) is 20.0. The normalized spacial score (nSPS) is 20.4. The van der Waals surface area contributed by atoms with Crippen LogP contribution in [0.1, 0.15) is 70.9 Å². The summed E-state index contributed by atoms with van der Waals surface area (Å²) < 4.78 is 15.6. The largest absolute Gasteiger partial charge is 0.392 e. The van der Waals surface area contributed by atoms with Crippen LogP contribution >= 0.6 is 0 Å². The quantitative estimate of drug-likeness (QED) is 0.130. The summed E-state index contributed by atoms with van der Waals surface area (Å²) in [7, 11) is 0. The predicted octanol–water partition coefficient (Wildman–Crippen LogP) is 7.49. The Morgan fingerprint density at radius 2 is 1.55 bits per heavy atom. The summed E-state index contributed by atoms with van der Waals surface area (Å²) in [4.78, 5) is 40.4. The number of ether oxygens (including phenoxy) is 2. The Kier molecular flexibility index (Phi) is 10.7. The number of piperidine rings is 1. The van der Waals surface area contributed by atoms with Gasteiger partial charge in [-0.05, 0) is 64.9 Å². The van der Waals surface area contributed by atoms with Crippen LogP contribution in [0.3, 0.4) is 0 Å². The second kappa shape index (κ2) is 16.5. The third kappa shape index (κ3) is 7.69. The Bertz CT molecular complexity index is 2600. The summed E-state index contributed by atoms with van der Waals surface area (Å²) in [5.74, 6) is -0.236. The highest BCUT2D eigenvalue weighted by atomic mass is 16.7. The maximum atomic E-state index is 13.1. The van der Waals surface area contributed by atoms with Crippen LogP contribution in [0.5, 0.6) is 0 Å². The topological polar surface area (TPSA) is 135 Å². The summed E-state index contributed by atoms with van der Waals surface area (Å²) in [6.45, 7) is 4.95. The molecule has 5 aromatic carbocycles. The molecule has 2 saturated heterocycles. The zero-order valence-electron chi connectivity index (χ0n) is 32.3. The van der Waals surface area contributed by atoms with Gasteiger partial charge in [-0.15, -0.1) is 0 Å². The average Bonchev–Trinajstić information content (AvgIpc) is 3.62. The molecule has 7 aromatic rings. The summed E-state index contributed by atoms with van der Waals surface area (Å²) in [5, 5.41) is 12.7. The third-order valence-electron chi connectivity index (χ3n) is 11.7. The van der Waals surface area contributed by atoms with Gasteiger partial charge in [0.05, 0.1) is 47.1 Å². The highest BCUT2D eigenvalue weighted by Gasteiger charge is 2.39. The van der Waals surface area contributed by atoms with Gasteiger partial charge in [-0.2, -0.15) is 0 Å². The molecule has 2 aliphatic rings. The van der Waals surface area contributed by atoms with Crippen LogP contribution in [0.15, 0.2) is 132 Å². The van der Waals surface area contributed by atoms with Gasteiger partial charge >= 0.3 is 5.69 Å². The lowest BCUT2D eigenvalue weighted by molar-refractivity contribution is -0.276. The van der Waals surface area contributed by atoms with Crippen molar-refractivity contribution in [1.82, 2.24) is 29.7 Å². The zero-order valence-corrected chi connectivity index (χ0v) is 32.3. The molecular formula is C47H46N6O5. The number of aliphatic hydroxyl groups is 1. The van der Waals surface area contributed by atoms with E-state index >= 15 is 0 Å². The number of fused-ring (bicyclic) bond motifs is 2. The van der Waals surface area contributed by atoms with Crippen LogP contribution < -0.4 is 11.0 Å². The summed E-state index contributed by atoms with van der Waals surface area (Å²) in [5.41, 5.74) is 9.27. The molecule has 294 valence electrons. The summed E-state index contributed by atoms with van der Waals surface area (Å²) in [6, 6.07) is 39.8. The first-order valence-electron chi connectivity index (χ1n) is 20.0. The van der Waals surface area contributed by atoms with Gasteiger partial charge in [0.25, 0.3) is 5.91 Å². The van der Waals surface area contributed by atoms with Crippen molar-refractivity contribution < 1.29 is 19.4 Å². The fraction of sp³-hybridized carbons (Fsp3) is 0.277. The van der Waals surface area contributed by atoms with E-state index in [-0.39, 0.29) is 48.1 Å². The highest BCUT2D eigenvalue weighted by molar-refractivity contribution is 5.93. The second-order valence-corrected chi connectivity index (χ2v) is 15.4. The van der Waals surface area contributed by atoms with Crippen LogP contribution in [0, 0.1) is 5.92 Å². The Morgan fingerprint density at radius 3 is 2.34 bits per heavy atom. The first-order chi connectivity index (χ1) is 28.4. The molecule has 1 amide bonds. The minimum atomic E-state index is -0.599. The molecular weight excluding hydrogens is 729 g/mol. The Hall–Kier alpha value is -5.98. The maximum absolute atomic E-state index is 13.1. The van der Waals surface area contributed by atoms with Crippen molar-refractivity contribution in [3.63, 3.8) is 0 Å². The monoisotopic (exact) mass is 774 g/mol. The molecule has 9 rings (SSSR count). The number of hydrogen-bond acceptors (Lipinski definition) is 8. The van der Waals surface area contributed by atoms with E-state index in [0.717, 1.165) is 82.4 Å². The molecule has 2 aromatic heterocycles. The molecule has 0 saturated carbocycles. The number of rotatable bonds is 10. The number of benzene rings is 5. The predicted molar refractivity (Wildman–Crippen MR) is 223 cm³/mol. The molecule has 4 heterocycles. The van der Waals surface area contributed by atoms with Gasteiger partial charge < -0.3 is 29.8 Å². The van der Waals surface area contributed by atoms with Crippen LogP contribution in [-0.2, 0) is 22.6 Å². The lowest BCUT2D eigenvalue weighted by atomic mass is 9.89. The van der Waals surface area contributed by atoms with Crippen molar-refractivity contribution in [3.05, 3.63) is 166 Å². The number of H-pyrrole nitrogens is 1. The van der Waals surface area contributed by atoms with Gasteiger partial charge in [0.2, 0.25) is 0 Å². The molecule has 4 atom stereocenters. The van der Waals surface area contributed by atoms with Gasteiger partial charge in [-0.3, -0.25) is 14.3 Å². The molecule has 11 nitrogen and oxygen atoms in total. The van der Waals surface area contributed by atoms with Gasteiger partial charge in [-0.1, -0.05) is 104 Å². The van der Waals surface area contributed by atoms with Gasteiger partial charge in [0.1, 0.15) is 5.69 Å². The first kappa shape index (κ1) is 37.6. The zero-order chi connectivity index (χ0) is 39.6. The third-order valence-corrected chi connectivity index (χ3v) is 11.7. The fourth-order valence-electron chi connectivity index (χ4n) is 8.49. The van der Waals surface area contributed by atoms with Crippen LogP contribution in [0.4, 0.5) is 0 Å². The number of carbonyl (C=O) groups excluding carboxylic acids is 1. The fourth-order valence-corrected chi connectivity index (χ4v) is 8.49. The number of para-hydroxylation sites is 4.